The fourth-order valence-corrected chi connectivity index (χ4v) is 8.19. The Morgan fingerprint density at radius 1 is 0.300 bits per heavy atom. The van der Waals surface area contributed by atoms with E-state index in [-0.39, 0.29) is 0 Å². The summed E-state index contributed by atoms with van der Waals surface area (Å²) in [6.07, 6.45) is 0. The highest BCUT2D eigenvalue weighted by Gasteiger charge is 2.25. The molecule has 5 heteroatoms. The Morgan fingerprint density at radius 3 is 1.57 bits per heavy atom. The van der Waals surface area contributed by atoms with Gasteiger partial charge in [-0.3, -0.25) is 0 Å². The molecule has 0 aliphatic carbocycles. The summed E-state index contributed by atoms with van der Waals surface area (Å²) in [5, 5.41) is 2.10. The Labute approximate surface area is 347 Å². The number of oxazole rings is 1. The van der Waals surface area contributed by atoms with Gasteiger partial charge in [0, 0.05) is 45.2 Å². The predicted octanol–water partition coefficient (Wildman–Crippen LogP) is 15.7. The van der Waals surface area contributed by atoms with Crippen LogP contribution in [0.2, 0.25) is 0 Å². The van der Waals surface area contributed by atoms with E-state index in [0.717, 1.165) is 83.8 Å². The SMILES string of the molecule is c1ccc(-c2ccc(N(c3ccccc3)c3cc(N(c4cccc(-c5ccccc5)c4)c4ccc5oc6ccccc6c5c4)c4nc(-c5ccccc5)oc4c3)cc2)cc1. The lowest BCUT2D eigenvalue weighted by atomic mass is 10.0. The van der Waals surface area contributed by atoms with Crippen molar-refractivity contribution < 1.29 is 8.83 Å². The van der Waals surface area contributed by atoms with Gasteiger partial charge in [0.2, 0.25) is 5.89 Å². The zero-order valence-electron chi connectivity index (χ0n) is 32.5. The molecule has 0 N–H and O–H groups in total. The van der Waals surface area contributed by atoms with Gasteiger partial charge in [-0.15, -0.1) is 0 Å². The van der Waals surface area contributed by atoms with Gasteiger partial charge in [0.25, 0.3) is 0 Å². The summed E-state index contributed by atoms with van der Waals surface area (Å²) in [6, 6.07) is 78.0. The summed E-state index contributed by atoms with van der Waals surface area (Å²) in [7, 11) is 0. The normalized spacial score (nSPS) is 11.3. The van der Waals surface area contributed by atoms with Crippen molar-refractivity contribution in [2.75, 3.05) is 9.80 Å². The fourth-order valence-electron chi connectivity index (χ4n) is 8.19. The van der Waals surface area contributed by atoms with Gasteiger partial charge in [-0.2, -0.15) is 0 Å². The zero-order valence-corrected chi connectivity index (χ0v) is 32.5. The first-order valence-corrected chi connectivity index (χ1v) is 20.1. The maximum absolute atomic E-state index is 6.79. The van der Waals surface area contributed by atoms with E-state index >= 15 is 0 Å². The van der Waals surface area contributed by atoms with Crippen molar-refractivity contribution in [2.24, 2.45) is 0 Å². The van der Waals surface area contributed by atoms with Crippen LogP contribution in [0.5, 0.6) is 0 Å². The highest BCUT2D eigenvalue weighted by molar-refractivity contribution is 6.07. The highest BCUT2D eigenvalue weighted by atomic mass is 16.3. The molecule has 0 bridgehead atoms. The van der Waals surface area contributed by atoms with Crippen molar-refractivity contribution in [3.05, 3.63) is 224 Å². The van der Waals surface area contributed by atoms with Crippen molar-refractivity contribution in [3.63, 3.8) is 0 Å². The van der Waals surface area contributed by atoms with Crippen LogP contribution in [0.4, 0.5) is 34.1 Å². The number of rotatable bonds is 9. The standard InChI is InChI=1S/C55H37N3O2/c1-5-16-38(17-6-1)40-28-30-44(31-29-40)57(43-23-11-4-12-24-43)47-36-50(54-53(37-47)60-55(56-54)41-20-9-3-10-21-41)58(45-25-15-22-42(34-45)39-18-7-2-8-19-39)46-32-33-52-49(35-46)48-26-13-14-27-51(48)59-52/h1-37H. The van der Waals surface area contributed by atoms with E-state index in [1.54, 1.807) is 0 Å². The molecule has 9 aromatic carbocycles. The van der Waals surface area contributed by atoms with Crippen LogP contribution in [-0.4, -0.2) is 4.98 Å². The quantitative estimate of drug-likeness (QED) is 0.146. The van der Waals surface area contributed by atoms with Crippen molar-refractivity contribution in [1.82, 2.24) is 4.98 Å². The highest BCUT2D eigenvalue weighted by Crippen LogP contribution is 2.47. The average Bonchev–Trinajstić information content (AvgIpc) is 3.93. The Balaban J connectivity index is 1.17. The van der Waals surface area contributed by atoms with Crippen LogP contribution in [0.25, 0.3) is 66.7 Å². The molecule has 284 valence electrons. The van der Waals surface area contributed by atoms with Gasteiger partial charge in [0.1, 0.15) is 16.7 Å². The number of furan rings is 1. The third-order valence-electron chi connectivity index (χ3n) is 11.1. The molecule has 5 nitrogen and oxygen atoms in total. The first-order valence-electron chi connectivity index (χ1n) is 20.1. The Bertz CT molecular complexity index is 3250. The fraction of sp³-hybridized carbons (Fsp3) is 0. The molecule has 11 aromatic rings. The molecule has 2 aromatic heterocycles. The summed E-state index contributed by atoms with van der Waals surface area (Å²) in [5.41, 5.74) is 14.3. The minimum Gasteiger partial charge on any atom is -0.456 e. The zero-order chi connectivity index (χ0) is 39.8. The van der Waals surface area contributed by atoms with Gasteiger partial charge in [0.15, 0.2) is 5.58 Å². The van der Waals surface area contributed by atoms with Gasteiger partial charge in [0.05, 0.1) is 11.4 Å². The Kier molecular flexibility index (Phi) is 8.75. The van der Waals surface area contributed by atoms with E-state index in [1.807, 2.05) is 48.5 Å². The summed E-state index contributed by atoms with van der Waals surface area (Å²) in [5.74, 6) is 0.553. The molecule has 0 aliphatic heterocycles. The molecule has 0 radical (unpaired) electrons. The maximum Gasteiger partial charge on any atom is 0.227 e. The number of hydrogen-bond donors (Lipinski definition) is 0. The Morgan fingerprint density at radius 2 is 0.833 bits per heavy atom. The van der Waals surface area contributed by atoms with Crippen molar-refractivity contribution in [1.29, 1.82) is 0 Å². The summed E-state index contributed by atoms with van der Waals surface area (Å²) in [6.45, 7) is 0. The smallest absolute Gasteiger partial charge is 0.227 e. The van der Waals surface area contributed by atoms with E-state index < -0.39 is 0 Å². The van der Waals surface area contributed by atoms with Gasteiger partial charge in [-0.25, -0.2) is 4.98 Å². The van der Waals surface area contributed by atoms with Crippen LogP contribution in [0.1, 0.15) is 0 Å². The van der Waals surface area contributed by atoms with Crippen LogP contribution in [0, 0.1) is 0 Å². The van der Waals surface area contributed by atoms with Crippen molar-refractivity contribution in [3.8, 4) is 33.7 Å². The molecule has 0 aliphatic rings. The average molecular weight is 772 g/mol. The summed E-state index contributed by atoms with van der Waals surface area (Å²) >= 11 is 0. The monoisotopic (exact) mass is 771 g/mol. The predicted molar refractivity (Wildman–Crippen MR) is 247 cm³/mol. The number of nitrogens with zero attached hydrogens (tertiary/aromatic N) is 3. The topological polar surface area (TPSA) is 45.7 Å². The second kappa shape index (κ2) is 15.0. The van der Waals surface area contributed by atoms with Crippen LogP contribution >= 0.6 is 0 Å². The summed E-state index contributed by atoms with van der Waals surface area (Å²) < 4.78 is 13.1. The van der Waals surface area contributed by atoms with Gasteiger partial charge >= 0.3 is 0 Å². The molecular formula is C55H37N3O2. The van der Waals surface area contributed by atoms with Crippen molar-refractivity contribution in [2.45, 2.75) is 0 Å². The molecule has 0 saturated carbocycles. The second-order valence-electron chi connectivity index (χ2n) is 14.8. The van der Waals surface area contributed by atoms with E-state index in [4.69, 9.17) is 13.8 Å². The lowest BCUT2D eigenvalue weighted by Gasteiger charge is -2.30. The number of aromatic nitrogens is 1. The minimum atomic E-state index is 0.553. The largest absolute Gasteiger partial charge is 0.456 e. The molecule has 0 saturated heterocycles. The maximum atomic E-state index is 6.79. The van der Waals surface area contributed by atoms with Crippen molar-refractivity contribution >= 4 is 67.2 Å². The lowest BCUT2D eigenvalue weighted by Crippen LogP contribution is -2.14. The van der Waals surface area contributed by atoms with Crippen LogP contribution in [0.3, 0.4) is 0 Å². The first-order chi connectivity index (χ1) is 29.7. The first kappa shape index (κ1) is 35.0. The number of anilines is 6. The number of para-hydroxylation sites is 2. The molecular weight excluding hydrogens is 735 g/mol. The van der Waals surface area contributed by atoms with Gasteiger partial charge in [-0.05, 0) is 101 Å². The second-order valence-corrected chi connectivity index (χ2v) is 14.8. The Hall–Kier alpha value is -8.15. The molecule has 0 atom stereocenters. The molecule has 11 rings (SSSR count). The van der Waals surface area contributed by atoms with E-state index in [0.29, 0.717) is 11.5 Å². The molecule has 60 heavy (non-hydrogen) atoms. The number of fused-ring (bicyclic) bond motifs is 4. The van der Waals surface area contributed by atoms with Gasteiger partial charge in [-0.1, -0.05) is 140 Å². The minimum absolute atomic E-state index is 0.553. The van der Waals surface area contributed by atoms with Crippen LogP contribution < -0.4 is 9.80 Å². The molecule has 0 spiro atoms. The third kappa shape index (κ3) is 6.45. The van der Waals surface area contributed by atoms with E-state index in [9.17, 15) is 0 Å². The number of benzene rings is 9. The van der Waals surface area contributed by atoms with Crippen LogP contribution in [0.15, 0.2) is 233 Å². The van der Waals surface area contributed by atoms with Crippen LogP contribution in [-0.2, 0) is 0 Å². The number of hydrogen-bond acceptors (Lipinski definition) is 5. The van der Waals surface area contributed by atoms with E-state index in [2.05, 4.69) is 186 Å². The van der Waals surface area contributed by atoms with Gasteiger partial charge < -0.3 is 18.6 Å². The molecule has 0 unspecified atom stereocenters. The molecule has 0 amide bonds. The molecule has 2 heterocycles. The lowest BCUT2D eigenvalue weighted by molar-refractivity contribution is 0.620. The summed E-state index contributed by atoms with van der Waals surface area (Å²) in [4.78, 5) is 9.87. The molecule has 0 fully saturated rings. The third-order valence-corrected chi connectivity index (χ3v) is 11.1. The van der Waals surface area contributed by atoms with E-state index in [1.165, 1.54) is 5.56 Å².